The number of benzene rings is 1. The molecule has 0 bridgehead atoms. The van der Waals surface area contributed by atoms with Crippen LogP contribution in [0.4, 0.5) is 5.69 Å². The average Bonchev–Trinajstić information content (AvgIpc) is 3.17. The predicted octanol–water partition coefficient (Wildman–Crippen LogP) is 2.00. The fourth-order valence-electron chi connectivity index (χ4n) is 3.16. The second-order valence-corrected chi connectivity index (χ2v) is 5.66. The van der Waals surface area contributed by atoms with Gasteiger partial charge in [-0.1, -0.05) is 6.07 Å². The molecule has 3 heteroatoms. The lowest BCUT2D eigenvalue weighted by Gasteiger charge is -2.31. The fourth-order valence-corrected chi connectivity index (χ4v) is 3.16. The summed E-state index contributed by atoms with van der Waals surface area (Å²) in [7, 11) is 0. The van der Waals surface area contributed by atoms with Crippen LogP contribution < -0.4 is 10.2 Å². The van der Waals surface area contributed by atoms with Crippen molar-refractivity contribution in [2.75, 3.05) is 31.2 Å². The number of nitrogens with one attached hydrogen (secondary N) is 1. The van der Waals surface area contributed by atoms with Gasteiger partial charge in [0.2, 0.25) is 0 Å². The van der Waals surface area contributed by atoms with Gasteiger partial charge < -0.3 is 15.0 Å². The Kier molecular flexibility index (Phi) is 2.55. The molecule has 18 heavy (non-hydrogen) atoms. The molecule has 3 aliphatic rings. The SMILES string of the molecule is c1c2c(cc(N3CCOCC3)c1C1CC1)CNC2. The van der Waals surface area contributed by atoms with Crippen LogP contribution in [0.3, 0.4) is 0 Å². The Bertz CT molecular complexity index is 462. The van der Waals surface area contributed by atoms with E-state index in [1.54, 1.807) is 5.56 Å². The number of rotatable bonds is 2. The Balaban J connectivity index is 1.74. The molecule has 0 radical (unpaired) electrons. The van der Waals surface area contributed by atoms with Crippen LogP contribution in [-0.2, 0) is 17.8 Å². The minimum Gasteiger partial charge on any atom is -0.378 e. The first-order chi connectivity index (χ1) is 8.92. The van der Waals surface area contributed by atoms with Gasteiger partial charge in [-0.2, -0.15) is 0 Å². The van der Waals surface area contributed by atoms with Gasteiger partial charge in [0.25, 0.3) is 0 Å². The Morgan fingerprint density at radius 3 is 2.50 bits per heavy atom. The fraction of sp³-hybridized carbons (Fsp3) is 0.600. The van der Waals surface area contributed by atoms with Crippen molar-refractivity contribution in [1.29, 1.82) is 0 Å². The summed E-state index contributed by atoms with van der Waals surface area (Å²) in [5.74, 6) is 0.828. The van der Waals surface area contributed by atoms with E-state index in [4.69, 9.17) is 4.74 Å². The molecule has 0 amide bonds. The van der Waals surface area contributed by atoms with Crippen molar-refractivity contribution in [3.05, 3.63) is 28.8 Å². The number of nitrogens with zero attached hydrogens (tertiary/aromatic N) is 1. The van der Waals surface area contributed by atoms with Gasteiger partial charge in [0.15, 0.2) is 0 Å². The van der Waals surface area contributed by atoms with Crippen molar-refractivity contribution in [1.82, 2.24) is 5.32 Å². The Labute approximate surface area is 108 Å². The summed E-state index contributed by atoms with van der Waals surface area (Å²) >= 11 is 0. The zero-order valence-corrected chi connectivity index (χ0v) is 10.7. The highest BCUT2D eigenvalue weighted by atomic mass is 16.5. The molecule has 3 nitrogen and oxygen atoms in total. The van der Waals surface area contributed by atoms with Gasteiger partial charge in [-0.05, 0) is 41.5 Å². The molecule has 1 aromatic carbocycles. The molecule has 0 unspecified atom stereocenters. The quantitative estimate of drug-likeness (QED) is 0.861. The van der Waals surface area contributed by atoms with Crippen LogP contribution in [0.1, 0.15) is 35.4 Å². The Morgan fingerprint density at radius 2 is 1.78 bits per heavy atom. The number of ether oxygens (including phenoxy) is 1. The third-order valence-corrected chi connectivity index (χ3v) is 4.35. The van der Waals surface area contributed by atoms with Crippen LogP contribution in [0.2, 0.25) is 0 Å². The number of morpholine rings is 1. The van der Waals surface area contributed by atoms with Crippen LogP contribution in [0.15, 0.2) is 12.1 Å². The van der Waals surface area contributed by atoms with E-state index in [-0.39, 0.29) is 0 Å². The minimum atomic E-state index is 0.828. The van der Waals surface area contributed by atoms with Gasteiger partial charge in [0.05, 0.1) is 13.2 Å². The van der Waals surface area contributed by atoms with Gasteiger partial charge in [-0.15, -0.1) is 0 Å². The first-order valence-electron chi connectivity index (χ1n) is 7.11. The van der Waals surface area contributed by atoms with E-state index in [1.165, 1.54) is 29.7 Å². The maximum absolute atomic E-state index is 5.48. The largest absolute Gasteiger partial charge is 0.378 e. The molecule has 96 valence electrons. The topological polar surface area (TPSA) is 24.5 Å². The monoisotopic (exact) mass is 244 g/mol. The van der Waals surface area contributed by atoms with Gasteiger partial charge in [0.1, 0.15) is 0 Å². The second-order valence-electron chi connectivity index (χ2n) is 5.66. The van der Waals surface area contributed by atoms with Gasteiger partial charge in [0, 0.05) is 31.9 Å². The van der Waals surface area contributed by atoms with Gasteiger partial charge >= 0.3 is 0 Å². The molecule has 1 aliphatic carbocycles. The van der Waals surface area contributed by atoms with Crippen LogP contribution >= 0.6 is 0 Å². The van der Waals surface area contributed by atoms with Crippen molar-refractivity contribution < 1.29 is 4.74 Å². The van der Waals surface area contributed by atoms with Gasteiger partial charge in [-0.25, -0.2) is 0 Å². The van der Waals surface area contributed by atoms with E-state index in [2.05, 4.69) is 22.3 Å². The third-order valence-electron chi connectivity index (χ3n) is 4.35. The summed E-state index contributed by atoms with van der Waals surface area (Å²) in [4.78, 5) is 2.52. The van der Waals surface area contributed by atoms with Crippen LogP contribution in [0.5, 0.6) is 0 Å². The molecule has 1 saturated carbocycles. The molecule has 1 N–H and O–H groups in total. The van der Waals surface area contributed by atoms with Crippen molar-refractivity contribution in [2.45, 2.75) is 31.8 Å². The molecule has 2 heterocycles. The maximum atomic E-state index is 5.48. The lowest BCUT2D eigenvalue weighted by molar-refractivity contribution is 0.122. The summed E-state index contributed by atoms with van der Waals surface area (Å²) in [6.45, 7) is 5.94. The molecule has 2 fully saturated rings. The summed E-state index contributed by atoms with van der Waals surface area (Å²) in [6.07, 6.45) is 2.76. The van der Waals surface area contributed by atoms with Crippen molar-refractivity contribution >= 4 is 5.69 Å². The molecule has 1 saturated heterocycles. The minimum absolute atomic E-state index is 0.828. The Hall–Kier alpha value is -1.06. The zero-order chi connectivity index (χ0) is 11.9. The van der Waals surface area contributed by atoms with E-state index >= 15 is 0 Å². The Morgan fingerprint density at radius 1 is 1.06 bits per heavy atom. The number of hydrogen-bond donors (Lipinski definition) is 1. The lowest BCUT2D eigenvalue weighted by Crippen LogP contribution is -2.36. The van der Waals surface area contributed by atoms with Crippen molar-refractivity contribution in [2.24, 2.45) is 0 Å². The second kappa shape index (κ2) is 4.25. The predicted molar refractivity (Wildman–Crippen MR) is 72.0 cm³/mol. The van der Waals surface area contributed by atoms with E-state index in [0.29, 0.717) is 0 Å². The highest BCUT2D eigenvalue weighted by Crippen LogP contribution is 2.45. The van der Waals surface area contributed by atoms with Crippen LogP contribution in [-0.4, -0.2) is 26.3 Å². The molecular formula is C15H20N2O. The number of hydrogen-bond acceptors (Lipinski definition) is 3. The summed E-state index contributed by atoms with van der Waals surface area (Å²) in [6, 6.07) is 4.91. The molecule has 0 aromatic heterocycles. The average molecular weight is 244 g/mol. The normalized spacial score (nSPS) is 23.2. The molecular weight excluding hydrogens is 224 g/mol. The summed E-state index contributed by atoms with van der Waals surface area (Å²) in [5, 5.41) is 3.46. The summed E-state index contributed by atoms with van der Waals surface area (Å²) < 4.78 is 5.48. The molecule has 1 aromatic rings. The molecule has 0 atom stereocenters. The van der Waals surface area contributed by atoms with Crippen molar-refractivity contribution in [3.63, 3.8) is 0 Å². The van der Waals surface area contributed by atoms with Crippen molar-refractivity contribution in [3.8, 4) is 0 Å². The van der Waals surface area contributed by atoms with E-state index in [1.807, 2.05) is 0 Å². The third kappa shape index (κ3) is 1.82. The zero-order valence-electron chi connectivity index (χ0n) is 10.7. The lowest BCUT2D eigenvalue weighted by atomic mass is 10.00. The molecule has 4 rings (SSSR count). The summed E-state index contributed by atoms with van der Waals surface area (Å²) in [5.41, 5.74) is 6.11. The number of anilines is 1. The van der Waals surface area contributed by atoms with Crippen LogP contribution in [0, 0.1) is 0 Å². The van der Waals surface area contributed by atoms with E-state index in [9.17, 15) is 0 Å². The standard InChI is InChI=1S/C15H20N2O/c1-2-11(1)14-7-12-9-16-10-13(12)8-15(14)17-3-5-18-6-4-17/h7-8,11,16H,1-6,9-10H2. The first kappa shape index (κ1) is 10.8. The first-order valence-corrected chi connectivity index (χ1v) is 7.11. The maximum Gasteiger partial charge on any atom is 0.0642 e. The smallest absolute Gasteiger partial charge is 0.0642 e. The van der Waals surface area contributed by atoms with Crippen LogP contribution in [0.25, 0.3) is 0 Å². The highest BCUT2D eigenvalue weighted by molar-refractivity contribution is 5.61. The number of fused-ring (bicyclic) bond motifs is 1. The highest BCUT2D eigenvalue weighted by Gasteiger charge is 2.30. The van der Waals surface area contributed by atoms with E-state index < -0.39 is 0 Å². The molecule has 0 spiro atoms. The molecule has 2 aliphatic heterocycles. The van der Waals surface area contributed by atoms with E-state index in [0.717, 1.165) is 45.3 Å². The van der Waals surface area contributed by atoms with Gasteiger partial charge in [-0.3, -0.25) is 0 Å².